The lowest BCUT2D eigenvalue weighted by molar-refractivity contribution is 0.643. The summed E-state index contributed by atoms with van der Waals surface area (Å²) in [4.78, 5) is 15.7. The van der Waals surface area contributed by atoms with Crippen LogP contribution in [0.15, 0.2) is 199 Å². The highest BCUT2D eigenvalue weighted by atomic mass is 16.3. The Kier molecular flexibility index (Phi) is 6.78. The first kappa shape index (κ1) is 31.7. The molecule has 0 saturated carbocycles. The summed E-state index contributed by atoms with van der Waals surface area (Å²) in [5.41, 5.74) is 11.5. The maximum atomic E-state index is 6.95. The van der Waals surface area contributed by atoms with Crippen molar-refractivity contribution in [2.24, 2.45) is 0 Å². The van der Waals surface area contributed by atoms with Crippen LogP contribution in [-0.4, -0.2) is 19.5 Å². The van der Waals surface area contributed by atoms with E-state index in [-0.39, 0.29) is 0 Å². The van der Waals surface area contributed by atoms with E-state index in [1.807, 2.05) is 42.5 Å². The van der Waals surface area contributed by atoms with Gasteiger partial charge in [-0.25, -0.2) is 15.0 Å². The molecule has 8 aromatic carbocycles. The van der Waals surface area contributed by atoms with Gasteiger partial charge in [-0.2, -0.15) is 0 Å². The highest BCUT2D eigenvalue weighted by molar-refractivity contribution is 6.14. The molecule has 11 aromatic rings. The van der Waals surface area contributed by atoms with Crippen LogP contribution >= 0.6 is 0 Å². The predicted molar refractivity (Wildman–Crippen MR) is 230 cm³/mol. The SMILES string of the molecule is c1ccc(-c2nc(-c3ccccc3)nc(-c3cccc4c3-n3c5ccccc5c5cccc(c53)[C@@]4(c3ccccc3)c3cccc4c3oc3ccccc34)n2)cc1. The Morgan fingerprint density at radius 1 is 0.404 bits per heavy atom. The predicted octanol–water partition coefficient (Wildman–Crippen LogP) is 12.6. The molecule has 1 atom stereocenters. The number of nitrogens with zero attached hydrogens (tertiary/aromatic N) is 4. The van der Waals surface area contributed by atoms with Crippen molar-refractivity contribution in [1.82, 2.24) is 19.5 Å². The van der Waals surface area contributed by atoms with Crippen LogP contribution in [0, 0.1) is 0 Å². The maximum absolute atomic E-state index is 6.95. The number of benzene rings is 8. The molecule has 0 aliphatic carbocycles. The Hall–Kier alpha value is -7.63. The molecule has 0 bridgehead atoms. The third kappa shape index (κ3) is 4.48. The van der Waals surface area contributed by atoms with Gasteiger partial charge in [0.25, 0.3) is 0 Å². The lowest BCUT2D eigenvalue weighted by atomic mass is 9.62. The minimum Gasteiger partial charge on any atom is -0.456 e. The summed E-state index contributed by atoms with van der Waals surface area (Å²) in [7, 11) is 0. The van der Waals surface area contributed by atoms with Crippen LogP contribution in [0.4, 0.5) is 0 Å². The number of rotatable bonds is 5. The summed E-state index contributed by atoms with van der Waals surface area (Å²) in [6, 6.07) is 68.4. The van der Waals surface area contributed by atoms with Crippen molar-refractivity contribution in [2.75, 3.05) is 0 Å². The van der Waals surface area contributed by atoms with Crippen molar-refractivity contribution in [3.8, 4) is 39.9 Å². The van der Waals surface area contributed by atoms with E-state index in [0.717, 1.165) is 72.0 Å². The average molecular weight is 729 g/mol. The van der Waals surface area contributed by atoms with Crippen LogP contribution in [-0.2, 0) is 5.41 Å². The second kappa shape index (κ2) is 12.2. The van der Waals surface area contributed by atoms with Crippen molar-refractivity contribution < 1.29 is 4.42 Å². The zero-order valence-electron chi connectivity index (χ0n) is 30.7. The van der Waals surface area contributed by atoms with Gasteiger partial charge in [0.05, 0.1) is 22.1 Å². The summed E-state index contributed by atoms with van der Waals surface area (Å²) in [5.74, 6) is 1.85. The maximum Gasteiger partial charge on any atom is 0.166 e. The van der Waals surface area contributed by atoms with Gasteiger partial charge < -0.3 is 8.98 Å². The van der Waals surface area contributed by atoms with Crippen LogP contribution in [0.1, 0.15) is 22.3 Å². The number of hydrogen-bond acceptors (Lipinski definition) is 4. The largest absolute Gasteiger partial charge is 0.456 e. The zero-order valence-corrected chi connectivity index (χ0v) is 30.7. The Labute approximate surface area is 328 Å². The minimum atomic E-state index is -0.804. The molecule has 5 heteroatoms. The molecule has 266 valence electrons. The fraction of sp³-hybridized carbons (Fsp3) is 0.0192. The third-order valence-electron chi connectivity index (χ3n) is 11.7. The third-order valence-corrected chi connectivity index (χ3v) is 11.7. The molecule has 0 radical (unpaired) electrons. The van der Waals surface area contributed by atoms with Gasteiger partial charge >= 0.3 is 0 Å². The van der Waals surface area contributed by atoms with Crippen molar-refractivity contribution in [2.45, 2.75) is 5.41 Å². The number of furan rings is 1. The fourth-order valence-corrected chi connectivity index (χ4v) is 9.38. The van der Waals surface area contributed by atoms with Crippen molar-refractivity contribution in [1.29, 1.82) is 0 Å². The van der Waals surface area contributed by atoms with Gasteiger partial charge in [-0.3, -0.25) is 0 Å². The van der Waals surface area contributed by atoms with E-state index in [2.05, 4.69) is 156 Å². The number of hydrogen-bond donors (Lipinski definition) is 0. The summed E-state index contributed by atoms with van der Waals surface area (Å²) in [6.07, 6.45) is 0. The van der Waals surface area contributed by atoms with Crippen LogP contribution in [0.5, 0.6) is 0 Å². The second-order valence-corrected chi connectivity index (χ2v) is 14.7. The normalized spacial score (nSPS) is 14.7. The standard InChI is InChI=1S/C52H32N4O/c1-4-17-33(18-5-1)49-53-50(34-19-6-2-7-20-34)55-51(54-49)40-27-16-29-42-47(40)56-44-31-12-10-23-36(44)38-25-14-28-41(46(38)56)52(42,35-21-8-3-9-22-35)43-30-15-26-39-37-24-11-13-32-45(37)57-48(39)43/h1-32H/t52-/m1/s1. The summed E-state index contributed by atoms with van der Waals surface area (Å²) < 4.78 is 9.40. The van der Waals surface area contributed by atoms with Crippen LogP contribution < -0.4 is 0 Å². The highest BCUT2D eigenvalue weighted by Gasteiger charge is 2.47. The van der Waals surface area contributed by atoms with Gasteiger partial charge in [-0.15, -0.1) is 0 Å². The van der Waals surface area contributed by atoms with E-state index in [4.69, 9.17) is 19.4 Å². The van der Waals surface area contributed by atoms with Gasteiger partial charge in [0, 0.05) is 43.8 Å². The van der Waals surface area contributed by atoms with Crippen molar-refractivity contribution >= 4 is 43.7 Å². The van der Waals surface area contributed by atoms with Crippen LogP contribution in [0.2, 0.25) is 0 Å². The molecule has 0 saturated heterocycles. The first-order valence-electron chi connectivity index (χ1n) is 19.3. The van der Waals surface area contributed by atoms with Gasteiger partial charge in [-0.05, 0) is 34.9 Å². The smallest absolute Gasteiger partial charge is 0.166 e. The average Bonchev–Trinajstić information content (AvgIpc) is 3.84. The molecule has 1 aliphatic heterocycles. The molecule has 3 aromatic heterocycles. The van der Waals surface area contributed by atoms with Gasteiger partial charge in [0.2, 0.25) is 0 Å². The van der Waals surface area contributed by atoms with Crippen LogP contribution in [0.25, 0.3) is 83.6 Å². The quantitative estimate of drug-likeness (QED) is 0.177. The molecule has 0 spiro atoms. The summed E-state index contributed by atoms with van der Waals surface area (Å²) in [6.45, 7) is 0. The molecule has 0 amide bonds. The monoisotopic (exact) mass is 728 g/mol. The molecule has 57 heavy (non-hydrogen) atoms. The Bertz CT molecular complexity index is 3290. The Morgan fingerprint density at radius 3 is 1.68 bits per heavy atom. The molecule has 12 rings (SSSR count). The lowest BCUT2D eigenvalue weighted by Crippen LogP contribution is -2.36. The number of fused-ring (bicyclic) bond motifs is 8. The minimum absolute atomic E-state index is 0.605. The van der Waals surface area contributed by atoms with E-state index < -0.39 is 5.41 Å². The molecule has 0 fully saturated rings. The lowest BCUT2D eigenvalue weighted by Gasteiger charge is -2.42. The van der Waals surface area contributed by atoms with E-state index in [9.17, 15) is 0 Å². The molecular formula is C52H32N4O. The summed E-state index contributed by atoms with van der Waals surface area (Å²) in [5, 5.41) is 4.56. The molecule has 1 aliphatic rings. The zero-order chi connectivity index (χ0) is 37.5. The second-order valence-electron chi connectivity index (χ2n) is 14.7. The first-order chi connectivity index (χ1) is 28.3. The van der Waals surface area contributed by atoms with Crippen molar-refractivity contribution in [3.05, 3.63) is 216 Å². The van der Waals surface area contributed by atoms with Crippen LogP contribution in [0.3, 0.4) is 0 Å². The number of aromatic nitrogens is 4. The van der Waals surface area contributed by atoms with E-state index in [0.29, 0.717) is 17.5 Å². The number of para-hydroxylation sites is 5. The Morgan fingerprint density at radius 2 is 0.947 bits per heavy atom. The van der Waals surface area contributed by atoms with E-state index in [1.54, 1.807) is 0 Å². The van der Waals surface area contributed by atoms with Gasteiger partial charge in [0.1, 0.15) is 11.2 Å². The summed E-state index contributed by atoms with van der Waals surface area (Å²) >= 11 is 0. The molecular weight excluding hydrogens is 697 g/mol. The topological polar surface area (TPSA) is 56.7 Å². The Balaban J connectivity index is 1.28. The first-order valence-corrected chi connectivity index (χ1v) is 19.3. The fourth-order valence-electron chi connectivity index (χ4n) is 9.38. The molecule has 0 N–H and O–H groups in total. The molecule has 5 nitrogen and oxygen atoms in total. The van der Waals surface area contributed by atoms with E-state index in [1.165, 1.54) is 16.3 Å². The van der Waals surface area contributed by atoms with E-state index >= 15 is 0 Å². The van der Waals surface area contributed by atoms with Gasteiger partial charge in [-0.1, -0.05) is 176 Å². The molecule has 4 heterocycles. The van der Waals surface area contributed by atoms with Gasteiger partial charge in [0.15, 0.2) is 17.5 Å². The molecule has 0 unspecified atom stereocenters. The van der Waals surface area contributed by atoms with Crippen molar-refractivity contribution in [3.63, 3.8) is 0 Å². The highest BCUT2D eigenvalue weighted by Crippen LogP contribution is 2.57.